The Kier molecular flexibility index (Phi) is 3.85. The number of nitrogens with two attached hydrogens (primary N) is 1. The van der Waals surface area contributed by atoms with Crippen molar-refractivity contribution in [2.45, 2.75) is 32.4 Å². The van der Waals surface area contributed by atoms with Crippen LogP contribution in [0.2, 0.25) is 0 Å². The first-order valence-electron chi connectivity index (χ1n) is 6.99. The summed E-state index contributed by atoms with van der Waals surface area (Å²) in [5, 5.41) is 1.15. The highest BCUT2D eigenvalue weighted by Crippen LogP contribution is 2.22. The van der Waals surface area contributed by atoms with Crippen molar-refractivity contribution in [3.8, 4) is 0 Å². The average Bonchev–Trinajstić information content (AvgIpc) is 3.05. The average molecular weight is 285 g/mol. The minimum absolute atomic E-state index is 0.258. The fraction of sp³-hybridized carbons (Fsp3) is 0.312. The summed E-state index contributed by atoms with van der Waals surface area (Å²) in [5.74, 6) is 0. The molecule has 0 radical (unpaired) electrons. The lowest BCUT2D eigenvalue weighted by molar-refractivity contribution is 0.645. The van der Waals surface area contributed by atoms with Crippen molar-refractivity contribution in [3.63, 3.8) is 0 Å². The summed E-state index contributed by atoms with van der Waals surface area (Å²) in [6.07, 6.45) is 6.26. The fourth-order valence-corrected chi connectivity index (χ4v) is 3.28. The Balaban J connectivity index is 1.74. The first-order valence-corrected chi connectivity index (χ1v) is 7.81. The van der Waals surface area contributed by atoms with Crippen molar-refractivity contribution in [2.75, 3.05) is 0 Å². The smallest absolute Gasteiger partial charge is 0.114 e. The molecule has 0 saturated heterocycles. The molecule has 0 aliphatic heterocycles. The molecule has 3 aromatic rings. The van der Waals surface area contributed by atoms with Crippen molar-refractivity contribution in [2.24, 2.45) is 5.73 Å². The molecule has 3 rings (SSSR count). The Morgan fingerprint density at radius 3 is 2.95 bits per heavy atom. The molecule has 0 aliphatic rings. The number of rotatable bonds is 5. The van der Waals surface area contributed by atoms with Gasteiger partial charge in [0.15, 0.2) is 0 Å². The highest BCUT2D eigenvalue weighted by molar-refractivity contribution is 7.18. The van der Waals surface area contributed by atoms with E-state index in [-0.39, 0.29) is 6.04 Å². The van der Waals surface area contributed by atoms with E-state index in [0.717, 1.165) is 29.9 Å². The summed E-state index contributed by atoms with van der Waals surface area (Å²) in [5.41, 5.74) is 8.39. The van der Waals surface area contributed by atoms with Crippen molar-refractivity contribution in [3.05, 3.63) is 53.3 Å². The first kappa shape index (κ1) is 13.3. The molecule has 0 aliphatic carbocycles. The topological polar surface area (TPSA) is 43.8 Å². The van der Waals surface area contributed by atoms with Gasteiger partial charge in [-0.1, -0.05) is 19.1 Å². The second kappa shape index (κ2) is 5.77. The summed E-state index contributed by atoms with van der Waals surface area (Å²) in [4.78, 5) is 4.67. The van der Waals surface area contributed by atoms with E-state index in [0.29, 0.717) is 0 Å². The van der Waals surface area contributed by atoms with Crippen LogP contribution < -0.4 is 5.73 Å². The highest BCUT2D eigenvalue weighted by Gasteiger charge is 2.06. The molecular formula is C16H19N3S. The van der Waals surface area contributed by atoms with Gasteiger partial charge < -0.3 is 10.3 Å². The van der Waals surface area contributed by atoms with Crippen LogP contribution in [0.25, 0.3) is 10.2 Å². The molecule has 104 valence electrons. The summed E-state index contributed by atoms with van der Waals surface area (Å²) >= 11 is 1.76. The molecule has 1 unspecified atom stereocenters. The monoisotopic (exact) mass is 285 g/mol. The quantitative estimate of drug-likeness (QED) is 0.780. The van der Waals surface area contributed by atoms with E-state index >= 15 is 0 Å². The molecule has 20 heavy (non-hydrogen) atoms. The molecular weight excluding hydrogens is 266 g/mol. The fourth-order valence-electron chi connectivity index (χ4n) is 2.30. The Morgan fingerprint density at radius 2 is 2.15 bits per heavy atom. The van der Waals surface area contributed by atoms with Crippen molar-refractivity contribution in [1.82, 2.24) is 9.55 Å². The maximum Gasteiger partial charge on any atom is 0.114 e. The van der Waals surface area contributed by atoms with Crippen LogP contribution >= 0.6 is 11.3 Å². The normalized spacial score (nSPS) is 12.9. The molecule has 0 bridgehead atoms. The van der Waals surface area contributed by atoms with Gasteiger partial charge in [0, 0.05) is 18.4 Å². The number of para-hydroxylation sites is 1. The first-order chi connectivity index (χ1) is 9.74. The molecule has 0 fully saturated rings. The van der Waals surface area contributed by atoms with E-state index in [4.69, 9.17) is 5.73 Å². The third-order valence-electron chi connectivity index (χ3n) is 3.49. The van der Waals surface area contributed by atoms with Gasteiger partial charge in [-0.15, -0.1) is 11.3 Å². The van der Waals surface area contributed by atoms with E-state index < -0.39 is 0 Å². The largest absolute Gasteiger partial charge is 0.347 e. The van der Waals surface area contributed by atoms with Crippen LogP contribution in [0.3, 0.4) is 0 Å². The Hall–Kier alpha value is -1.65. The zero-order chi connectivity index (χ0) is 13.9. The lowest BCUT2D eigenvalue weighted by Crippen LogP contribution is -2.21. The molecule has 2 N–H and O–H groups in total. The molecule has 1 atom stereocenters. The van der Waals surface area contributed by atoms with Crippen molar-refractivity contribution >= 4 is 21.6 Å². The second-order valence-electron chi connectivity index (χ2n) is 5.14. The standard InChI is InChI=1S/C16H19N3S/c1-2-13(17)9-12-7-8-19(10-12)11-16-18-14-5-3-4-6-15(14)20-16/h3-8,10,13H,2,9,11,17H2,1H3. The maximum absolute atomic E-state index is 6.00. The second-order valence-corrected chi connectivity index (χ2v) is 6.26. The van der Waals surface area contributed by atoms with E-state index in [1.165, 1.54) is 10.3 Å². The van der Waals surface area contributed by atoms with Crippen molar-refractivity contribution < 1.29 is 0 Å². The number of benzene rings is 1. The van der Waals surface area contributed by atoms with Crippen LogP contribution in [0.1, 0.15) is 23.9 Å². The Labute approximate surface area is 123 Å². The third-order valence-corrected chi connectivity index (χ3v) is 4.51. The summed E-state index contributed by atoms with van der Waals surface area (Å²) < 4.78 is 3.44. The van der Waals surface area contributed by atoms with Crippen LogP contribution in [0.5, 0.6) is 0 Å². The number of hydrogen-bond acceptors (Lipinski definition) is 3. The SMILES string of the molecule is CCC(N)Cc1ccn(Cc2nc3ccccc3s2)c1. The lowest BCUT2D eigenvalue weighted by Gasteiger charge is -2.05. The van der Waals surface area contributed by atoms with Gasteiger partial charge in [-0.3, -0.25) is 0 Å². The van der Waals surface area contributed by atoms with E-state index in [9.17, 15) is 0 Å². The van der Waals surface area contributed by atoms with E-state index in [2.05, 4.69) is 53.1 Å². The molecule has 2 heterocycles. The number of nitrogens with zero attached hydrogens (tertiary/aromatic N) is 2. The predicted octanol–water partition coefficient (Wildman–Crippen LogP) is 3.43. The summed E-state index contributed by atoms with van der Waals surface area (Å²) in [6, 6.07) is 10.7. The van der Waals surface area contributed by atoms with Gasteiger partial charge in [0.25, 0.3) is 0 Å². The van der Waals surface area contributed by atoms with Crippen LogP contribution in [0.4, 0.5) is 0 Å². The molecule has 0 spiro atoms. The third kappa shape index (κ3) is 2.92. The molecule has 0 amide bonds. The number of fused-ring (bicyclic) bond motifs is 1. The van der Waals surface area contributed by atoms with Gasteiger partial charge in [0.05, 0.1) is 16.8 Å². The molecule has 1 aromatic carbocycles. The van der Waals surface area contributed by atoms with Gasteiger partial charge in [-0.25, -0.2) is 4.98 Å². The molecule has 3 nitrogen and oxygen atoms in total. The summed E-state index contributed by atoms with van der Waals surface area (Å²) in [7, 11) is 0. The lowest BCUT2D eigenvalue weighted by atomic mass is 10.1. The molecule has 2 aromatic heterocycles. The molecule has 0 saturated carbocycles. The van der Waals surface area contributed by atoms with Crippen LogP contribution in [0.15, 0.2) is 42.7 Å². The van der Waals surface area contributed by atoms with Crippen molar-refractivity contribution in [1.29, 1.82) is 0 Å². The number of thiazole rings is 1. The van der Waals surface area contributed by atoms with Gasteiger partial charge >= 0.3 is 0 Å². The van der Waals surface area contributed by atoms with Crippen LogP contribution in [0, 0.1) is 0 Å². The van der Waals surface area contributed by atoms with Gasteiger partial charge in [0.1, 0.15) is 5.01 Å². The molecule has 4 heteroatoms. The van der Waals surface area contributed by atoms with Gasteiger partial charge in [0.2, 0.25) is 0 Å². The van der Waals surface area contributed by atoms with Gasteiger partial charge in [-0.2, -0.15) is 0 Å². The Bertz CT molecular complexity index is 665. The maximum atomic E-state index is 6.00. The Morgan fingerprint density at radius 1 is 1.30 bits per heavy atom. The highest BCUT2D eigenvalue weighted by atomic mass is 32.1. The minimum atomic E-state index is 0.258. The van der Waals surface area contributed by atoms with Crippen LogP contribution in [-0.2, 0) is 13.0 Å². The number of hydrogen-bond donors (Lipinski definition) is 1. The predicted molar refractivity (Wildman–Crippen MR) is 85.1 cm³/mol. The minimum Gasteiger partial charge on any atom is -0.347 e. The summed E-state index contributed by atoms with van der Waals surface area (Å²) in [6.45, 7) is 2.96. The van der Waals surface area contributed by atoms with E-state index in [1.54, 1.807) is 11.3 Å². The zero-order valence-electron chi connectivity index (χ0n) is 11.6. The number of aromatic nitrogens is 2. The van der Waals surface area contributed by atoms with Crippen LogP contribution in [-0.4, -0.2) is 15.6 Å². The van der Waals surface area contributed by atoms with Gasteiger partial charge in [-0.05, 0) is 36.6 Å². The van der Waals surface area contributed by atoms with E-state index in [1.807, 2.05) is 6.07 Å². The zero-order valence-corrected chi connectivity index (χ0v) is 12.4.